The highest BCUT2D eigenvalue weighted by molar-refractivity contribution is 6.05. The number of benzene rings is 3. The smallest absolute Gasteiger partial charge is 0.340 e. The molecule has 2 aliphatic rings. The van der Waals surface area contributed by atoms with Crippen LogP contribution in [0.5, 0.6) is 23.0 Å². The van der Waals surface area contributed by atoms with E-state index in [1.165, 1.54) is 114 Å². The number of phenols is 2. The van der Waals surface area contributed by atoms with E-state index in [9.17, 15) is 126 Å². The maximum absolute atomic E-state index is 14.3. The van der Waals surface area contributed by atoms with Crippen molar-refractivity contribution in [3.63, 3.8) is 0 Å². The molecular weight excluding hydrogens is 1810 g/mol. The van der Waals surface area contributed by atoms with E-state index >= 15 is 0 Å². The lowest BCUT2D eigenvalue weighted by Crippen LogP contribution is -2.61. The van der Waals surface area contributed by atoms with Gasteiger partial charge in [-0.25, -0.2) is 19.6 Å². The second-order valence-electron chi connectivity index (χ2n) is 32.7. The molecule has 0 saturated carbocycles. The summed E-state index contributed by atoms with van der Waals surface area (Å²) in [6.07, 6.45) is -0.0516. The van der Waals surface area contributed by atoms with Gasteiger partial charge in [-0.15, -0.1) is 0 Å². The van der Waals surface area contributed by atoms with Crippen LogP contribution in [-0.4, -0.2) is 274 Å². The lowest BCUT2D eigenvalue weighted by atomic mass is 9.77. The molecule has 7 rings (SSSR count). The molecule has 4 heterocycles. The van der Waals surface area contributed by atoms with Gasteiger partial charge in [0.25, 0.3) is 5.91 Å². The van der Waals surface area contributed by atoms with Crippen LogP contribution < -0.4 is 107 Å². The van der Waals surface area contributed by atoms with Crippen molar-refractivity contribution in [2.75, 3.05) is 19.6 Å². The molecule has 137 heavy (non-hydrogen) atoms. The highest BCUT2D eigenvalue weighted by atomic mass is 16.6. The van der Waals surface area contributed by atoms with Crippen molar-refractivity contribution < 1.29 is 136 Å². The minimum absolute atomic E-state index is 0.0809. The molecule has 52 nitrogen and oxygen atoms in total. The number of ether oxygens (including phenoxy) is 2. The second-order valence-corrected chi connectivity index (χ2v) is 32.7. The van der Waals surface area contributed by atoms with E-state index in [0.29, 0.717) is 11.1 Å². The summed E-state index contributed by atoms with van der Waals surface area (Å²) in [5.41, 5.74) is 15.5. The van der Waals surface area contributed by atoms with Gasteiger partial charge in [-0.1, -0.05) is 40.2 Å². The molecular formula is C85H112N24O28. The number of rotatable bonds is 53. The highest BCUT2D eigenvalue weighted by Crippen LogP contribution is 2.57. The monoisotopic (exact) mass is 1920 g/mol. The summed E-state index contributed by atoms with van der Waals surface area (Å²) in [7, 11) is 0. The molecule has 0 aliphatic carbocycles. The van der Waals surface area contributed by atoms with Crippen LogP contribution >= 0.6 is 0 Å². The average Bonchev–Trinajstić information content (AvgIpc) is 1.56. The first-order valence-electron chi connectivity index (χ1n) is 43.1. The highest BCUT2D eigenvalue weighted by Gasteiger charge is 2.54. The fourth-order valence-corrected chi connectivity index (χ4v) is 14.1. The minimum atomic E-state index is -1.99. The van der Waals surface area contributed by atoms with Crippen molar-refractivity contribution in [1.29, 1.82) is 5.41 Å². The van der Waals surface area contributed by atoms with E-state index in [1.807, 2.05) is 0 Å². The molecule has 30 N–H and O–H groups in total. The zero-order valence-corrected chi connectivity index (χ0v) is 75.5. The maximum Gasteiger partial charge on any atom is 0.340 e. The number of H-pyrrole nitrogens is 2. The lowest BCUT2D eigenvalue weighted by molar-refractivity contribution is -0.142. The largest absolute Gasteiger partial charge is 0.508 e. The summed E-state index contributed by atoms with van der Waals surface area (Å²) in [6.45, 7) is 9.24. The predicted molar refractivity (Wildman–Crippen MR) is 473 cm³/mol. The number of carbonyl (C=O) groups is 21. The number of carboxylic acids is 3. The molecule has 0 bridgehead atoms. The first kappa shape index (κ1) is 108. The Balaban J connectivity index is 0.940. The molecule has 0 unspecified atom stereocenters. The molecule has 740 valence electrons. The van der Waals surface area contributed by atoms with Gasteiger partial charge in [0.1, 0.15) is 102 Å². The minimum Gasteiger partial charge on any atom is -0.508 e. The Morgan fingerprint density at radius 2 is 0.861 bits per heavy atom. The Labute approximate surface area is 780 Å². The Bertz CT molecular complexity index is 5310. The van der Waals surface area contributed by atoms with Crippen LogP contribution in [0, 0.1) is 17.2 Å². The number of aromatic amines is 2. The van der Waals surface area contributed by atoms with Crippen molar-refractivity contribution in [3.05, 3.63) is 119 Å². The van der Waals surface area contributed by atoms with Gasteiger partial charge in [0.2, 0.25) is 94.5 Å². The molecule has 5 aromatic rings. The number of primary amides is 2. The van der Waals surface area contributed by atoms with Crippen molar-refractivity contribution >= 4 is 130 Å². The molecule has 1 spiro atoms. The number of aromatic hydroxyl groups is 2. The Kier molecular flexibility index (Phi) is 39.2. The molecule has 0 saturated heterocycles. The lowest BCUT2D eigenvalue weighted by Gasteiger charge is -2.36. The number of aliphatic carboxylic acids is 3. The summed E-state index contributed by atoms with van der Waals surface area (Å²) < 4.78 is 12.1. The first-order valence-corrected chi connectivity index (χ1v) is 43.1. The van der Waals surface area contributed by atoms with Gasteiger partial charge in [0.05, 0.1) is 49.1 Å². The van der Waals surface area contributed by atoms with Gasteiger partial charge in [-0.2, -0.15) is 0 Å². The first-order chi connectivity index (χ1) is 64.6. The third kappa shape index (κ3) is 31.4. The molecule has 0 fully saturated rings. The summed E-state index contributed by atoms with van der Waals surface area (Å²) in [5, 5.41) is 94.7. The Morgan fingerprint density at radius 1 is 0.445 bits per heavy atom. The molecule has 17 amide bonds. The fourth-order valence-electron chi connectivity index (χ4n) is 14.1. The number of hydrogen-bond acceptors (Lipinski definition) is 28. The summed E-state index contributed by atoms with van der Waals surface area (Å²) in [6, 6.07) is -8.79. The molecule has 2 aromatic heterocycles. The van der Waals surface area contributed by atoms with Crippen molar-refractivity contribution in [2.24, 2.45) is 29.0 Å². The van der Waals surface area contributed by atoms with Gasteiger partial charge in [0, 0.05) is 85.4 Å². The van der Waals surface area contributed by atoms with Crippen LogP contribution in [0.3, 0.4) is 0 Å². The number of imidazole rings is 2. The van der Waals surface area contributed by atoms with E-state index in [-0.39, 0.29) is 95.7 Å². The quantitative estimate of drug-likeness (QED) is 0.00745. The standard InChI is InChI=1S/C85H112N24O28/c1-9-38(4)68(81(132)107-58(30-62(87)113)79(130)105-53(19-22-65(116)117)75(126)97-39(5)69(120)93-33-63(114)101-55(82(133)134)11-10-24-92-84(88)89)109-76(127)54(20-23-66(118)119)103-71(122)41(7)100-77(128)56(26-44-31-90-35-95-44)102-64(115)34-94-70(121)40(6)98-78(129)57(27-45-32-91-36-96-45)106-80(131)67(37(2)3)108-72(123)42(8)99-74(125)52(18-21-61(86)112)104-73(124)43-12-15-49-48(25-43)83(135)137-85(49)50-16-13-46(110)28-59(50)136-60-29-47(111)14-17-51(60)85/h12-17,25,28-29,31-32,35-42,52-58,67-68,110-111H,9-11,18-24,26-27,30,33-34H2,1-8H3,(H2,86,112)(H2,87,113)(H,90,95)(H,91,96)(H,93,120)(H,94,121)(H,97,126)(H,98,129)(H,99,125)(H,100,128)(H,101,114)(H,102,115)(H,103,122)(H,104,124)(H,105,130)(H,106,131)(H,107,132)(H,108,123)(H,109,127)(H,116,117)(H,118,119)(H,133,134)(H4,88,89,92)/t38-,39-,40-,41-,42-,52-,53-,54-,55-,56-,57-,58-,67-,68-/m0/s1. The number of nitrogens with one attached hydrogen (secondary N) is 19. The van der Waals surface area contributed by atoms with Crippen molar-refractivity contribution in [3.8, 4) is 23.0 Å². The second kappa shape index (κ2) is 49.9. The van der Waals surface area contributed by atoms with Crippen molar-refractivity contribution in [1.82, 2.24) is 105 Å². The maximum atomic E-state index is 14.3. The SMILES string of the molecule is CC[C@H](C)[C@H](NC(=O)[C@H](CCC(=O)O)NC(=O)[C@H](C)NC(=O)[C@H](Cc1c[nH]cn1)NC(=O)CNC(=O)[C@H](C)NC(=O)[C@H](Cc1c[nH]cn1)NC(=O)[C@@H](NC(=O)[C@H](C)NC(=O)[C@H](CCC(N)=O)NC(=O)c1ccc2c(c1)C(=O)OC21c2ccc(O)cc2Oc2cc(O)ccc21)C(C)C)C(=O)N[C@@H](CC(N)=O)C(=O)N[C@@H](CCC(=O)O)C(=O)N[C@@H](C)C(=O)NCC(=O)N[C@@H](CCCNC(=N)N)C(=O)O. The van der Waals surface area contributed by atoms with Gasteiger partial charge in [-0.05, 0) is 108 Å². The van der Waals surface area contributed by atoms with Gasteiger partial charge < -0.3 is 147 Å². The van der Waals surface area contributed by atoms with E-state index in [0.717, 1.165) is 13.8 Å². The number of nitrogens with two attached hydrogens (primary N) is 3. The summed E-state index contributed by atoms with van der Waals surface area (Å²) >= 11 is 0. The summed E-state index contributed by atoms with van der Waals surface area (Å²) in [4.78, 5) is 296. The number of fused-ring (bicyclic) bond motifs is 6. The number of aromatic nitrogens is 4. The summed E-state index contributed by atoms with van der Waals surface area (Å²) in [5.74, 6) is -25.4. The van der Waals surface area contributed by atoms with Gasteiger partial charge in [0.15, 0.2) is 11.6 Å². The van der Waals surface area contributed by atoms with Crippen molar-refractivity contribution in [2.45, 2.75) is 217 Å². The molecule has 0 radical (unpaired) electrons. The van der Waals surface area contributed by atoms with E-state index in [2.05, 4.69) is 105 Å². The van der Waals surface area contributed by atoms with E-state index in [4.69, 9.17) is 32.1 Å². The van der Waals surface area contributed by atoms with E-state index < -0.39 is 278 Å². The molecule has 14 atom stereocenters. The average molecular weight is 1920 g/mol. The van der Waals surface area contributed by atoms with Crippen LogP contribution in [0.25, 0.3) is 0 Å². The molecule has 3 aromatic carbocycles. The topological polar surface area (TPSA) is 830 Å². The zero-order valence-electron chi connectivity index (χ0n) is 75.5. The number of guanidine groups is 1. The Morgan fingerprint density at radius 3 is 1.32 bits per heavy atom. The van der Waals surface area contributed by atoms with Gasteiger partial charge in [-0.3, -0.25) is 96.5 Å². The van der Waals surface area contributed by atoms with Crippen LogP contribution in [0.2, 0.25) is 0 Å². The number of esters is 1. The third-order valence-electron chi connectivity index (χ3n) is 21.7. The number of amides is 17. The number of hydrogen-bond donors (Lipinski definition) is 27. The van der Waals surface area contributed by atoms with Crippen LogP contribution in [0.15, 0.2) is 79.6 Å². The van der Waals surface area contributed by atoms with Gasteiger partial charge >= 0.3 is 23.9 Å². The fraction of sp³-hybridized carbons (Fsp3) is 0.459. The number of carbonyl (C=O) groups excluding carboxylic acids is 18. The van der Waals surface area contributed by atoms with Crippen LogP contribution in [0.1, 0.15) is 168 Å². The normalized spacial score (nSPS) is 15.0. The third-order valence-corrected chi connectivity index (χ3v) is 21.7. The number of nitrogens with zero attached hydrogens (tertiary/aromatic N) is 2. The zero-order chi connectivity index (χ0) is 102. The molecule has 2 aliphatic heterocycles. The van der Waals surface area contributed by atoms with Crippen LogP contribution in [0.4, 0.5) is 0 Å². The van der Waals surface area contributed by atoms with E-state index in [1.54, 1.807) is 6.92 Å². The predicted octanol–water partition coefficient (Wildman–Crippen LogP) is -6.25. The van der Waals surface area contributed by atoms with Crippen LogP contribution in [-0.2, 0) is 114 Å². The number of carboxylic acid groups (broad SMARTS) is 3. The molecule has 52 heteroatoms. The number of phenolic OH excluding ortho intramolecular Hbond substituents is 2. The Hall–Kier alpha value is -16.4.